The highest BCUT2D eigenvalue weighted by Crippen LogP contribution is 2.33. The summed E-state index contributed by atoms with van der Waals surface area (Å²) in [6, 6.07) is 9.92. The molecule has 0 aliphatic rings. The Labute approximate surface area is 205 Å². The van der Waals surface area contributed by atoms with E-state index in [0.717, 1.165) is 45.4 Å². The van der Waals surface area contributed by atoms with E-state index in [-0.39, 0.29) is 6.61 Å². The van der Waals surface area contributed by atoms with Crippen molar-refractivity contribution < 1.29 is 8.95 Å². The van der Waals surface area contributed by atoms with Gasteiger partial charge in [0.25, 0.3) is 0 Å². The molecule has 4 aromatic rings. The molecule has 0 spiro atoms. The lowest BCUT2D eigenvalue weighted by molar-refractivity contribution is 0.308. The minimum Gasteiger partial charge on any atom is -0.487 e. The highest BCUT2D eigenvalue weighted by atomic mass is 35.5. The average Bonchev–Trinajstić information content (AvgIpc) is 3.22. The SMILES string of the molecule is C=S(=O)(CCC)NCc1cncc(Cl)c1COc1cccc2c(-c3ccnn3C)cc(C)nc12. The summed E-state index contributed by atoms with van der Waals surface area (Å²) in [7, 11) is -0.449. The quantitative estimate of drug-likeness (QED) is 0.339. The number of fused-ring (bicyclic) bond motifs is 1. The van der Waals surface area contributed by atoms with Crippen molar-refractivity contribution in [2.45, 2.75) is 33.4 Å². The van der Waals surface area contributed by atoms with E-state index >= 15 is 0 Å². The van der Waals surface area contributed by atoms with E-state index in [0.29, 0.717) is 23.1 Å². The summed E-state index contributed by atoms with van der Waals surface area (Å²) in [6.45, 7) is 4.50. The van der Waals surface area contributed by atoms with E-state index < -0.39 is 9.71 Å². The third kappa shape index (κ3) is 5.24. The molecule has 1 aromatic carbocycles. The highest BCUT2D eigenvalue weighted by molar-refractivity contribution is 7.98. The number of rotatable bonds is 9. The third-order valence-electron chi connectivity index (χ3n) is 5.55. The molecule has 0 fully saturated rings. The zero-order valence-corrected chi connectivity index (χ0v) is 21.1. The molecular formula is C25H28ClN5O2S. The number of pyridine rings is 2. The van der Waals surface area contributed by atoms with Crippen molar-refractivity contribution in [3.8, 4) is 17.0 Å². The number of aryl methyl sites for hydroxylation is 2. The van der Waals surface area contributed by atoms with Crippen LogP contribution < -0.4 is 9.46 Å². The van der Waals surface area contributed by atoms with Gasteiger partial charge in [0.2, 0.25) is 0 Å². The van der Waals surface area contributed by atoms with Crippen molar-refractivity contribution >= 4 is 38.1 Å². The Bertz CT molecular complexity index is 1430. The van der Waals surface area contributed by atoms with Crippen LogP contribution in [0, 0.1) is 6.92 Å². The van der Waals surface area contributed by atoms with E-state index in [9.17, 15) is 4.21 Å². The summed E-state index contributed by atoms with van der Waals surface area (Å²) in [6.07, 6.45) is 5.87. The van der Waals surface area contributed by atoms with Crippen molar-refractivity contribution in [3.05, 3.63) is 70.8 Å². The van der Waals surface area contributed by atoms with Crippen LogP contribution in [0.5, 0.6) is 5.75 Å². The molecule has 7 nitrogen and oxygen atoms in total. The fraction of sp³-hybridized carbons (Fsp3) is 0.280. The van der Waals surface area contributed by atoms with Crippen LogP contribution in [0.25, 0.3) is 22.2 Å². The Morgan fingerprint density at radius 3 is 2.82 bits per heavy atom. The third-order valence-corrected chi connectivity index (χ3v) is 7.62. The molecule has 0 amide bonds. The Balaban J connectivity index is 1.65. The maximum Gasteiger partial charge on any atom is 0.146 e. The lowest BCUT2D eigenvalue weighted by Gasteiger charge is -2.16. The molecule has 34 heavy (non-hydrogen) atoms. The first-order valence-electron chi connectivity index (χ1n) is 11.0. The van der Waals surface area contributed by atoms with Gasteiger partial charge in [0.05, 0.1) is 10.7 Å². The summed E-state index contributed by atoms with van der Waals surface area (Å²) in [5.74, 6) is 4.98. The molecule has 1 unspecified atom stereocenters. The number of nitrogens with zero attached hydrogens (tertiary/aromatic N) is 4. The van der Waals surface area contributed by atoms with E-state index in [1.54, 1.807) is 18.6 Å². The van der Waals surface area contributed by atoms with Crippen LogP contribution in [0.4, 0.5) is 0 Å². The summed E-state index contributed by atoms with van der Waals surface area (Å²) in [5.41, 5.74) is 5.30. The Kier molecular flexibility index (Phi) is 7.21. The van der Waals surface area contributed by atoms with Gasteiger partial charge in [-0.3, -0.25) is 13.9 Å². The van der Waals surface area contributed by atoms with Gasteiger partial charge in [-0.2, -0.15) is 5.10 Å². The highest BCUT2D eigenvalue weighted by Gasteiger charge is 2.15. The number of ether oxygens (including phenoxy) is 1. The number of hydrogen-bond acceptors (Lipinski definition) is 5. The largest absolute Gasteiger partial charge is 0.487 e. The zero-order chi connectivity index (χ0) is 24.3. The second kappa shape index (κ2) is 10.1. The summed E-state index contributed by atoms with van der Waals surface area (Å²) in [5, 5.41) is 5.78. The molecule has 4 rings (SSSR count). The summed E-state index contributed by atoms with van der Waals surface area (Å²) < 4.78 is 23.7. The van der Waals surface area contributed by atoms with Crippen LogP contribution in [-0.4, -0.2) is 35.6 Å². The van der Waals surface area contributed by atoms with Gasteiger partial charge in [0.15, 0.2) is 0 Å². The number of aromatic nitrogens is 4. The molecule has 0 radical (unpaired) electrons. The second-order valence-corrected chi connectivity index (χ2v) is 10.9. The molecular weight excluding hydrogens is 470 g/mol. The van der Waals surface area contributed by atoms with Gasteiger partial charge in [-0.15, -0.1) is 0 Å². The van der Waals surface area contributed by atoms with Gasteiger partial charge in [0.1, 0.15) is 17.9 Å². The first-order valence-corrected chi connectivity index (χ1v) is 13.3. The van der Waals surface area contributed by atoms with Crippen molar-refractivity contribution in [1.82, 2.24) is 24.5 Å². The predicted octanol–water partition coefficient (Wildman–Crippen LogP) is 4.70. The minimum absolute atomic E-state index is 0.222. The Hall–Kier alpha value is -2.94. The molecule has 3 aromatic heterocycles. The van der Waals surface area contributed by atoms with Crippen LogP contribution in [0.3, 0.4) is 0 Å². The van der Waals surface area contributed by atoms with Crippen LogP contribution in [-0.2, 0) is 29.9 Å². The molecule has 1 N–H and O–H groups in total. The second-order valence-electron chi connectivity index (χ2n) is 8.19. The van der Waals surface area contributed by atoms with E-state index in [1.807, 2.05) is 49.8 Å². The molecule has 0 aliphatic heterocycles. The Morgan fingerprint density at radius 1 is 1.26 bits per heavy atom. The van der Waals surface area contributed by atoms with Crippen molar-refractivity contribution in [2.75, 3.05) is 5.75 Å². The maximum atomic E-state index is 12.5. The molecule has 178 valence electrons. The van der Waals surface area contributed by atoms with Gasteiger partial charge in [0, 0.05) is 69.9 Å². The first-order chi connectivity index (χ1) is 16.3. The fourth-order valence-electron chi connectivity index (χ4n) is 3.89. The number of para-hydroxylation sites is 1. The lowest BCUT2D eigenvalue weighted by Crippen LogP contribution is -2.26. The van der Waals surface area contributed by atoms with Crippen molar-refractivity contribution in [2.24, 2.45) is 7.05 Å². The monoisotopic (exact) mass is 497 g/mol. The van der Waals surface area contributed by atoms with Gasteiger partial charge in [-0.25, -0.2) is 9.71 Å². The first kappa shape index (κ1) is 24.2. The zero-order valence-electron chi connectivity index (χ0n) is 19.5. The van der Waals surface area contributed by atoms with E-state index in [4.69, 9.17) is 21.3 Å². The van der Waals surface area contributed by atoms with Crippen LogP contribution in [0.2, 0.25) is 5.02 Å². The molecule has 0 aliphatic carbocycles. The predicted molar refractivity (Wildman–Crippen MR) is 140 cm³/mol. The molecule has 0 saturated carbocycles. The normalized spacial score (nSPS) is 13.2. The molecule has 0 saturated heterocycles. The molecule has 9 heteroatoms. The maximum absolute atomic E-state index is 12.5. The number of benzene rings is 1. The van der Waals surface area contributed by atoms with Crippen molar-refractivity contribution in [3.63, 3.8) is 0 Å². The molecule has 0 bridgehead atoms. The van der Waals surface area contributed by atoms with Gasteiger partial charge >= 0.3 is 0 Å². The van der Waals surface area contributed by atoms with Crippen LogP contribution >= 0.6 is 11.6 Å². The fourth-order valence-corrected chi connectivity index (χ4v) is 5.35. The summed E-state index contributed by atoms with van der Waals surface area (Å²) >= 11 is 6.48. The average molecular weight is 498 g/mol. The van der Waals surface area contributed by atoms with Gasteiger partial charge in [-0.1, -0.05) is 30.7 Å². The van der Waals surface area contributed by atoms with Crippen LogP contribution in [0.1, 0.15) is 30.2 Å². The Morgan fingerprint density at radius 2 is 2.09 bits per heavy atom. The van der Waals surface area contributed by atoms with Crippen molar-refractivity contribution in [1.29, 1.82) is 0 Å². The minimum atomic E-state index is -2.37. The van der Waals surface area contributed by atoms with Gasteiger partial charge < -0.3 is 4.74 Å². The standard InChI is InChI=1S/C25H28ClN5O2S/c1-5-11-34(4,32)29-14-18-13-27-15-22(26)21(18)16-33-24-8-6-7-19-20(12-17(2)30-25(19)24)23-9-10-28-31(23)3/h6-10,12-13,15H,4-5,11,14,16H2,1-3H3,(H,29,32). The lowest BCUT2D eigenvalue weighted by atomic mass is 10.0. The number of nitrogens with one attached hydrogen (secondary N) is 1. The smallest absolute Gasteiger partial charge is 0.146 e. The number of halogens is 1. The molecule has 1 atom stereocenters. The van der Waals surface area contributed by atoms with Gasteiger partial charge in [-0.05, 0) is 43.0 Å². The van der Waals surface area contributed by atoms with E-state index in [1.165, 1.54) is 0 Å². The number of hydrogen-bond donors (Lipinski definition) is 1. The topological polar surface area (TPSA) is 81.9 Å². The van der Waals surface area contributed by atoms with Crippen LogP contribution in [0.15, 0.2) is 48.9 Å². The van der Waals surface area contributed by atoms with E-state index in [2.05, 4.69) is 26.7 Å². The summed E-state index contributed by atoms with van der Waals surface area (Å²) in [4.78, 5) is 8.96. The molecule has 3 heterocycles.